The Hall–Kier alpha value is -2.12. The normalized spacial score (nSPS) is 12.0. The van der Waals surface area contributed by atoms with E-state index in [0.717, 1.165) is 4.40 Å². The minimum absolute atomic E-state index is 0.0860. The highest BCUT2D eigenvalue weighted by Gasteiger charge is 2.37. The molecule has 0 saturated heterocycles. The quantitative estimate of drug-likeness (QED) is 0.929. The molecule has 19 heavy (non-hydrogen) atoms. The highest BCUT2D eigenvalue weighted by atomic mass is 19.4. The van der Waals surface area contributed by atoms with Crippen LogP contribution in [0.4, 0.5) is 13.2 Å². The number of nitrogens with zero attached hydrogens (tertiary/aromatic N) is 3. The number of aryl methyl sites for hydroxylation is 2. The van der Waals surface area contributed by atoms with Crippen molar-refractivity contribution in [3.63, 3.8) is 0 Å². The summed E-state index contributed by atoms with van der Waals surface area (Å²) in [4.78, 5) is 10.5. The number of fused-ring (bicyclic) bond motifs is 1. The van der Waals surface area contributed by atoms with Crippen molar-refractivity contribution in [2.75, 3.05) is 0 Å². The van der Waals surface area contributed by atoms with Gasteiger partial charge in [-0.2, -0.15) is 13.2 Å². The number of carboxylic acids is 1. The van der Waals surface area contributed by atoms with E-state index in [-0.39, 0.29) is 18.5 Å². The first-order chi connectivity index (χ1) is 8.80. The highest BCUT2D eigenvalue weighted by Crippen LogP contribution is 2.29. The molecule has 0 fully saturated rings. The van der Waals surface area contributed by atoms with E-state index in [1.165, 1.54) is 12.3 Å². The predicted octanol–water partition coefficient (Wildman–Crippen LogP) is 2.07. The lowest BCUT2D eigenvalue weighted by Crippen LogP contribution is -2.11. The molecule has 0 saturated carbocycles. The van der Waals surface area contributed by atoms with Crippen LogP contribution in [0, 0.1) is 6.92 Å². The molecule has 2 rings (SSSR count). The Morgan fingerprint density at radius 3 is 2.68 bits per heavy atom. The molecule has 2 aromatic rings. The zero-order valence-corrected chi connectivity index (χ0v) is 9.90. The molecule has 0 atom stereocenters. The Balaban J connectivity index is 2.46. The maximum Gasteiger partial charge on any atom is 0.452 e. The number of alkyl halides is 3. The molecule has 0 bridgehead atoms. The van der Waals surface area contributed by atoms with Crippen LogP contribution in [0.1, 0.15) is 23.4 Å². The number of rotatable bonds is 3. The van der Waals surface area contributed by atoms with E-state index in [4.69, 9.17) is 5.11 Å². The highest BCUT2D eigenvalue weighted by molar-refractivity contribution is 5.67. The van der Waals surface area contributed by atoms with Crippen LogP contribution in [0.15, 0.2) is 12.3 Å². The number of halogens is 3. The van der Waals surface area contributed by atoms with Gasteiger partial charge in [-0.15, -0.1) is 10.2 Å². The molecule has 0 unspecified atom stereocenters. The number of aromatic nitrogens is 3. The van der Waals surface area contributed by atoms with Gasteiger partial charge >= 0.3 is 12.1 Å². The van der Waals surface area contributed by atoms with Crippen molar-refractivity contribution < 1.29 is 23.1 Å². The average Bonchev–Trinajstić information content (AvgIpc) is 2.72. The summed E-state index contributed by atoms with van der Waals surface area (Å²) in [5, 5.41) is 15.3. The maximum absolute atomic E-state index is 12.6. The molecule has 1 N–H and O–H groups in total. The fourth-order valence-electron chi connectivity index (χ4n) is 1.83. The van der Waals surface area contributed by atoms with Crippen LogP contribution in [0.5, 0.6) is 0 Å². The van der Waals surface area contributed by atoms with E-state index >= 15 is 0 Å². The summed E-state index contributed by atoms with van der Waals surface area (Å²) < 4.78 is 38.8. The van der Waals surface area contributed by atoms with E-state index in [9.17, 15) is 18.0 Å². The molecule has 0 aromatic carbocycles. The lowest BCUT2D eigenvalue weighted by Gasteiger charge is -2.08. The zero-order valence-electron chi connectivity index (χ0n) is 9.90. The molecular weight excluding hydrogens is 263 g/mol. The summed E-state index contributed by atoms with van der Waals surface area (Å²) >= 11 is 0. The summed E-state index contributed by atoms with van der Waals surface area (Å²) in [6.07, 6.45) is -3.21. The molecule has 0 spiro atoms. The lowest BCUT2D eigenvalue weighted by molar-refractivity contribution is -0.145. The van der Waals surface area contributed by atoms with Crippen LogP contribution >= 0.6 is 0 Å². The molecular formula is C11H10F3N3O2. The van der Waals surface area contributed by atoms with Crippen molar-refractivity contribution in [3.05, 3.63) is 29.2 Å². The number of hydrogen-bond donors (Lipinski definition) is 1. The van der Waals surface area contributed by atoms with Crippen molar-refractivity contribution in [3.8, 4) is 0 Å². The summed E-state index contributed by atoms with van der Waals surface area (Å²) in [7, 11) is 0. The first kappa shape index (κ1) is 13.3. The monoisotopic (exact) mass is 273 g/mol. The van der Waals surface area contributed by atoms with E-state index in [0.29, 0.717) is 11.1 Å². The van der Waals surface area contributed by atoms with Crippen LogP contribution in [-0.2, 0) is 17.4 Å². The van der Waals surface area contributed by atoms with E-state index in [1.807, 2.05) is 0 Å². The summed E-state index contributed by atoms with van der Waals surface area (Å²) in [6, 6.07) is 1.46. The topological polar surface area (TPSA) is 67.5 Å². The van der Waals surface area contributed by atoms with Crippen LogP contribution in [-0.4, -0.2) is 25.7 Å². The van der Waals surface area contributed by atoms with Gasteiger partial charge in [0.05, 0.1) is 0 Å². The molecule has 0 amide bonds. The van der Waals surface area contributed by atoms with Gasteiger partial charge in [0, 0.05) is 12.6 Å². The van der Waals surface area contributed by atoms with Gasteiger partial charge in [0.1, 0.15) is 0 Å². The molecule has 0 aliphatic heterocycles. The van der Waals surface area contributed by atoms with Gasteiger partial charge in [0.15, 0.2) is 5.65 Å². The number of carbonyl (C=O) groups is 1. The Morgan fingerprint density at radius 2 is 2.11 bits per heavy atom. The van der Waals surface area contributed by atoms with Crippen LogP contribution < -0.4 is 0 Å². The fraction of sp³-hybridized carbons (Fsp3) is 0.364. The van der Waals surface area contributed by atoms with Crippen molar-refractivity contribution in [1.29, 1.82) is 0 Å². The molecule has 0 aliphatic carbocycles. The smallest absolute Gasteiger partial charge is 0.452 e. The van der Waals surface area contributed by atoms with Crippen molar-refractivity contribution in [2.45, 2.75) is 25.9 Å². The molecule has 0 aliphatic rings. The number of aliphatic carboxylic acids is 1. The fourth-order valence-corrected chi connectivity index (χ4v) is 1.83. The van der Waals surface area contributed by atoms with Crippen LogP contribution in [0.25, 0.3) is 5.65 Å². The lowest BCUT2D eigenvalue weighted by atomic mass is 10.1. The predicted molar refractivity (Wildman–Crippen MR) is 58.7 cm³/mol. The molecule has 5 nitrogen and oxygen atoms in total. The molecule has 0 radical (unpaired) electrons. The summed E-state index contributed by atoms with van der Waals surface area (Å²) in [5.41, 5.74) is 1.25. The SMILES string of the molecule is Cc1c(CCC(=O)O)ccn2c(C(F)(F)F)nnc12. The van der Waals surface area contributed by atoms with Gasteiger partial charge < -0.3 is 5.11 Å². The third kappa shape index (κ3) is 2.51. The second-order valence-corrected chi connectivity index (χ2v) is 4.07. The van der Waals surface area contributed by atoms with Crippen LogP contribution in [0.3, 0.4) is 0 Å². The maximum atomic E-state index is 12.6. The largest absolute Gasteiger partial charge is 0.481 e. The standard InChI is InChI=1S/C11H10F3N3O2/c1-6-7(2-3-8(18)19)4-5-17-9(6)15-16-10(17)11(12,13)14/h4-5H,2-3H2,1H3,(H,18,19). The Kier molecular flexibility index (Phi) is 3.17. The number of hydrogen-bond acceptors (Lipinski definition) is 3. The van der Waals surface area contributed by atoms with Crippen molar-refractivity contribution in [2.24, 2.45) is 0 Å². The Bertz CT molecular complexity index is 634. The van der Waals surface area contributed by atoms with Gasteiger partial charge in [0.25, 0.3) is 0 Å². The first-order valence-corrected chi connectivity index (χ1v) is 5.43. The van der Waals surface area contributed by atoms with Gasteiger partial charge in [-0.05, 0) is 30.5 Å². The van der Waals surface area contributed by atoms with Gasteiger partial charge in [-0.3, -0.25) is 9.20 Å². The second-order valence-electron chi connectivity index (χ2n) is 4.07. The van der Waals surface area contributed by atoms with E-state index in [1.54, 1.807) is 6.92 Å². The average molecular weight is 273 g/mol. The molecule has 2 heterocycles. The Morgan fingerprint density at radius 1 is 1.42 bits per heavy atom. The van der Waals surface area contributed by atoms with Crippen LogP contribution in [0.2, 0.25) is 0 Å². The summed E-state index contributed by atoms with van der Waals surface area (Å²) in [6.45, 7) is 1.60. The van der Waals surface area contributed by atoms with E-state index < -0.39 is 18.0 Å². The third-order valence-electron chi connectivity index (χ3n) is 2.80. The number of carboxylic acid groups (broad SMARTS) is 1. The summed E-state index contributed by atoms with van der Waals surface area (Å²) in [5.74, 6) is -2.05. The minimum atomic E-state index is -4.57. The first-order valence-electron chi connectivity index (χ1n) is 5.43. The minimum Gasteiger partial charge on any atom is -0.481 e. The Labute approximate surface area is 105 Å². The van der Waals surface area contributed by atoms with Gasteiger partial charge in [0.2, 0.25) is 5.82 Å². The van der Waals surface area contributed by atoms with Crippen molar-refractivity contribution >= 4 is 11.6 Å². The molecule has 8 heteroatoms. The second kappa shape index (κ2) is 4.52. The van der Waals surface area contributed by atoms with Crippen molar-refractivity contribution in [1.82, 2.24) is 14.6 Å². The number of pyridine rings is 1. The van der Waals surface area contributed by atoms with Gasteiger partial charge in [-0.1, -0.05) is 0 Å². The van der Waals surface area contributed by atoms with Gasteiger partial charge in [-0.25, -0.2) is 0 Å². The zero-order chi connectivity index (χ0) is 14.2. The van der Waals surface area contributed by atoms with E-state index in [2.05, 4.69) is 10.2 Å². The molecule has 2 aromatic heterocycles. The molecule has 102 valence electrons. The third-order valence-corrected chi connectivity index (χ3v) is 2.80.